The fraction of sp³-hybridized carbons (Fsp3) is 0.595. The lowest BCUT2D eigenvalue weighted by molar-refractivity contribution is -0.0376. The maximum Gasteiger partial charge on any atom is 0.413 e. The highest BCUT2D eigenvalue weighted by Crippen LogP contribution is 2.63. The van der Waals surface area contributed by atoms with Crippen LogP contribution in [0.15, 0.2) is 32.8 Å². The highest BCUT2D eigenvalue weighted by molar-refractivity contribution is 7.99. The molecule has 3 N–H and O–H groups in total. The van der Waals surface area contributed by atoms with Crippen LogP contribution in [-0.2, 0) is 26.2 Å². The molecule has 4 aromatic rings. The Hall–Kier alpha value is -4.19. The quantitative estimate of drug-likeness (QED) is 0.161. The Morgan fingerprint density at radius 2 is 1.85 bits per heavy atom. The molecule has 3 fully saturated rings. The summed E-state index contributed by atoms with van der Waals surface area (Å²) in [6, 6.07) is 3.67. The maximum absolute atomic E-state index is 12.8. The minimum atomic E-state index is -0.704. The van der Waals surface area contributed by atoms with Crippen LogP contribution in [0, 0.1) is 18.8 Å². The minimum absolute atomic E-state index is 0.111. The molecular weight excluding hydrogens is 750 g/mol. The lowest BCUT2D eigenvalue weighted by Crippen LogP contribution is -2.38. The molecule has 2 amide bonds. The van der Waals surface area contributed by atoms with Crippen molar-refractivity contribution in [1.82, 2.24) is 35.2 Å². The summed E-state index contributed by atoms with van der Waals surface area (Å²) in [6.07, 6.45) is 3.48. The number of nitrogens with zero attached hydrogens (tertiary/aromatic N) is 7. The molecule has 18 heteroatoms. The second-order valence-electron chi connectivity index (χ2n) is 16.3. The number of pyridine rings is 1. The van der Waals surface area contributed by atoms with Gasteiger partial charge >= 0.3 is 12.2 Å². The van der Waals surface area contributed by atoms with Gasteiger partial charge in [-0.3, -0.25) is 5.32 Å². The van der Waals surface area contributed by atoms with E-state index in [0.29, 0.717) is 64.6 Å². The fourth-order valence-corrected chi connectivity index (χ4v) is 8.77. The molecule has 2 saturated heterocycles. The predicted molar refractivity (Wildman–Crippen MR) is 204 cm³/mol. The summed E-state index contributed by atoms with van der Waals surface area (Å²) in [7, 11) is 0. The van der Waals surface area contributed by atoms with Crippen molar-refractivity contribution in [2.24, 2.45) is 11.8 Å². The molecule has 4 atom stereocenters. The van der Waals surface area contributed by atoms with E-state index in [9.17, 15) is 14.7 Å². The molecule has 3 aliphatic rings. The van der Waals surface area contributed by atoms with Crippen molar-refractivity contribution in [3.8, 4) is 0 Å². The summed E-state index contributed by atoms with van der Waals surface area (Å²) in [6.45, 7) is 14.5. The van der Waals surface area contributed by atoms with Gasteiger partial charge in [0.2, 0.25) is 0 Å². The van der Waals surface area contributed by atoms with E-state index in [1.165, 1.54) is 18.0 Å². The number of rotatable bonds is 9. The summed E-state index contributed by atoms with van der Waals surface area (Å²) >= 11 is 8.04. The molecule has 296 valence electrons. The molecule has 4 unspecified atom stereocenters. The Kier molecular flexibility index (Phi) is 10.7. The minimum Gasteiger partial charge on any atom is -0.444 e. The number of aliphatic hydroxyl groups excluding tert-OH is 1. The van der Waals surface area contributed by atoms with Gasteiger partial charge in [0.1, 0.15) is 28.2 Å². The average molecular weight is 798 g/mol. The van der Waals surface area contributed by atoms with Gasteiger partial charge in [0.25, 0.3) is 0 Å². The third-order valence-corrected chi connectivity index (χ3v) is 11.5. The van der Waals surface area contributed by atoms with Gasteiger partial charge in [-0.05, 0) is 92.1 Å². The summed E-state index contributed by atoms with van der Waals surface area (Å²) in [5, 5.41) is 26.5. The zero-order valence-corrected chi connectivity index (χ0v) is 33.7. The van der Waals surface area contributed by atoms with Crippen molar-refractivity contribution in [2.45, 2.75) is 114 Å². The van der Waals surface area contributed by atoms with Crippen LogP contribution in [-0.4, -0.2) is 84.6 Å². The Morgan fingerprint density at radius 1 is 1.09 bits per heavy atom. The molecule has 2 aliphatic heterocycles. The molecule has 7 rings (SSSR count). The Labute approximate surface area is 328 Å². The summed E-state index contributed by atoms with van der Waals surface area (Å²) in [5.41, 5.74) is 0.412. The smallest absolute Gasteiger partial charge is 0.413 e. The first kappa shape index (κ1) is 39.1. The number of halogens is 1. The predicted octanol–water partition coefficient (Wildman–Crippen LogP) is 6.78. The van der Waals surface area contributed by atoms with Crippen LogP contribution in [0.1, 0.15) is 90.6 Å². The van der Waals surface area contributed by atoms with E-state index in [1.807, 2.05) is 33.8 Å². The van der Waals surface area contributed by atoms with Crippen molar-refractivity contribution in [3.63, 3.8) is 0 Å². The number of aromatic nitrogens is 6. The zero-order valence-electron chi connectivity index (χ0n) is 32.1. The van der Waals surface area contributed by atoms with Crippen LogP contribution < -0.4 is 15.5 Å². The second kappa shape index (κ2) is 15.0. The number of alkyl carbamates (subject to hydrolysis) is 1. The largest absolute Gasteiger partial charge is 0.444 e. The first-order chi connectivity index (χ1) is 26.1. The summed E-state index contributed by atoms with van der Waals surface area (Å²) in [4.78, 5) is 42.5. The molecule has 1 aliphatic carbocycles. The average Bonchev–Trinajstić information content (AvgIpc) is 3.33. The number of nitrogens with one attached hydrogen (secondary N) is 2. The molecule has 0 aromatic carbocycles. The van der Waals surface area contributed by atoms with Crippen LogP contribution >= 0.6 is 23.4 Å². The molecule has 16 nitrogen and oxygen atoms in total. The van der Waals surface area contributed by atoms with Gasteiger partial charge in [0, 0.05) is 48.8 Å². The van der Waals surface area contributed by atoms with E-state index < -0.39 is 28.8 Å². The number of carbonyl (C=O) groups excluding carboxylic acids is 2. The first-order valence-corrected chi connectivity index (χ1v) is 19.8. The lowest BCUT2D eigenvalue weighted by atomic mass is 9.96. The van der Waals surface area contributed by atoms with Gasteiger partial charge in [0.15, 0.2) is 28.5 Å². The SMILES string of the molecule is Cc1cc(C2(CNC(=O)OC(C)(C)C)C3CCN(c4nc5c(nc4CO)c(Sc4ccnc(NC(=O)OC(C)(C)C)c4Cl)nn5C4CCCCO4)CC32)no1. The summed E-state index contributed by atoms with van der Waals surface area (Å²) < 4.78 is 24.4. The molecule has 6 heterocycles. The summed E-state index contributed by atoms with van der Waals surface area (Å²) in [5.74, 6) is 1.75. The van der Waals surface area contributed by atoms with Crippen LogP contribution in [0.3, 0.4) is 0 Å². The number of carbonyl (C=O) groups is 2. The van der Waals surface area contributed by atoms with E-state index in [2.05, 4.69) is 25.7 Å². The number of hydrogen-bond acceptors (Lipinski definition) is 14. The molecular formula is C37H48ClN9O7S. The van der Waals surface area contributed by atoms with Crippen molar-refractivity contribution in [1.29, 1.82) is 0 Å². The fourth-order valence-electron chi connectivity index (χ4n) is 7.61. The number of fused-ring (bicyclic) bond motifs is 2. The Morgan fingerprint density at radius 3 is 2.53 bits per heavy atom. The lowest BCUT2D eigenvalue weighted by Gasteiger charge is -2.29. The maximum atomic E-state index is 12.8. The highest BCUT2D eigenvalue weighted by Gasteiger charge is 2.68. The van der Waals surface area contributed by atoms with Gasteiger partial charge in [-0.1, -0.05) is 28.5 Å². The third-order valence-electron chi connectivity index (χ3n) is 9.96. The topological polar surface area (TPSA) is 192 Å². The molecule has 55 heavy (non-hydrogen) atoms. The van der Waals surface area contributed by atoms with Gasteiger partial charge < -0.3 is 34.1 Å². The molecule has 0 bridgehead atoms. The van der Waals surface area contributed by atoms with Gasteiger partial charge in [-0.2, -0.15) is 5.10 Å². The number of ether oxygens (including phenoxy) is 3. The molecule has 1 saturated carbocycles. The van der Waals surface area contributed by atoms with Crippen molar-refractivity contribution in [2.75, 3.05) is 36.5 Å². The van der Waals surface area contributed by atoms with E-state index in [1.54, 1.807) is 31.5 Å². The van der Waals surface area contributed by atoms with E-state index in [4.69, 9.17) is 45.4 Å². The molecule has 0 radical (unpaired) electrons. The van der Waals surface area contributed by atoms with E-state index in [0.717, 1.165) is 31.4 Å². The van der Waals surface area contributed by atoms with E-state index in [-0.39, 0.29) is 35.5 Å². The Balaban J connectivity index is 1.20. The van der Waals surface area contributed by atoms with Gasteiger partial charge in [0.05, 0.1) is 17.3 Å². The van der Waals surface area contributed by atoms with E-state index >= 15 is 0 Å². The number of anilines is 2. The first-order valence-electron chi connectivity index (χ1n) is 18.6. The number of aryl methyl sites for hydroxylation is 1. The standard InChI is InChI=1S/C37H48ClN9O7S/c1-20-16-25(45-54-20)37(19-40-33(49)52-35(2,3)4)21-12-14-46(17-22(21)37)30-23(18-48)41-28-31(43-30)47(26-10-8-9-15-51-26)44-32(28)55-24-11-13-39-29(27(24)38)42-34(50)53-36(5,6)7/h11,13,16,21-22,26,48H,8-10,12,14-15,17-19H2,1-7H3,(H,40,49)(H,39,42,50). The molecule has 4 aromatic heterocycles. The van der Waals surface area contributed by atoms with Crippen molar-refractivity contribution >= 4 is 58.3 Å². The van der Waals surface area contributed by atoms with Crippen LogP contribution in [0.25, 0.3) is 11.2 Å². The van der Waals surface area contributed by atoms with Crippen LogP contribution in [0.2, 0.25) is 5.02 Å². The monoisotopic (exact) mass is 797 g/mol. The normalized spacial score (nSPS) is 22.6. The van der Waals surface area contributed by atoms with Gasteiger partial charge in [-0.25, -0.2) is 29.2 Å². The molecule has 0 spiro atoms. The van der Waals surface area contributed by atoms with Crippen LogP contribution in [0.5, 0.6) is 0 Å². The van der Waals surface area contributed by atoms with Crippen LogP contribution in [0.4, 0.5) is 21.2 Å². The highest BCUT2D eigenvalue weighted by atomic mass is 35.5. The van der Waals surface area contributed by atoms with Crippen molar-refractivity contribution in [3.05, 3.63) is 40.5 Å². The number of amides is 2. The zero-order chi connectivity index (χ0) is 39.3. The number of piperidine rings is 1. The third kappa shape index (κ3) is 8.20. The Bertz CT molecular complexity index is 2070. The number of aliphatic hydroxyl groups is 1. The number of hydrogen-bond donors (Lipinski definition) is 3. The van der Waals surface area contributed by atoms with Crippen molar-refractivity contribution < 1.29 is 33.4 Å². The van der Waals surface area contributed by atoms with Gasteiger partial charge in [-0.15, -0.1) is 0 Å². The second-order valence-corrected chi connectivity index (χ2v) is 17.7.